The van der Waals surface area contributed by atoms with Gasteiger partial charge in [-0.15, -0.1) is 0 Å². The van der Waals surface area contributed by atoms with Crippen LogP contribution >= 0.6 is 0 Å². The molecule has 0 amide bonds. The Bertz CT molecular complexity index is 269. The SMILES string of the molecule is CCCCC(OC(C)=O)OS(C)(=O)=O. The minimum Gasteiger partial charge on any atom is -0.435 e. The molecule has 0 radical (unpaired) electrons. The van der Waals surface area contributed by atoms with Crippen LogP contribution in [0, 0.1) is 0 Å². The van der Waals surface area contributed by atoms with E-state index in [0.717, 1.165) is 19.1 Å². The summed E-state index contributed by atoms with van der Waals surface area (Å²) >= 11 is 0. The van der Waals surface area contributed by atoms with Crippen LogP contribution in [0.2, 0.25) is 0 Å². The predicted molar refractivity (Wildman–Crippen MR) is 51.0 cm³/mol. The van der Waals surface area contributed by atoms with Crippen molar-refractivity contribution in [2.24, 2.45) is 0 Å². The quantitative estimate of drug-likeness (QED) is 0.383. The number of esters is 1. The lowest BCUT2D eigenvalue weighted by atomic mass is 10.2. The lowest BCUT2D eigenvalue weighted by Crippen LogP contribution is -2.23. The summed E-state index contributed by atoms with van der Waals surface area (Å²) in [6.45, 7) is 3.16. The second-order valence-corrected chi connectivity index (χ2v) is 4.58. The smallest absolute Gasteiger partial charge is 0.304 e. The molecule has 0 aromatic heterocycles. The van der Waals surface area contributed by atoms with Crippen LogP contribution in [0.15, 0.2) is 0 Å². The van der Waals surface area contributed by atoms with Crippen molar-refractivity contribution in [1.29, 1.82) is 0 Å². The van der Waals surface area contributed by atoms with Gasteiger partial charge in [-0.2, -0.15) is 8.42 Å². The van der Waals surface area contributed by atoms with E-state index in [1.54, 1.807) is 0 Å². The Kier molecular flexibility index (Phi) is 5.71. The van der Waals surface area contributed by atoms with Crippen LogP contribution in [0.5, 0.6) is 0 Å². The number of unbranched alkanes of at least 4 members (excludes halogenated alkanes) is 1. The first-order valence-electron chi connectivity index (χ1n) is 4.40. The maximum absolute atomic E-state index is 10.8. The molecule has 0 spiro atoms. The first-order chi connectivity index (χ1) is 6.35. The Hall–Kier alpha value is -0.620. The molecule has 14 heavy (non-hydrogen) atoms. The van der Waals surface area contributed by atoms with E-state index in [1.807, 2.05) is 6.92 Å². The molecule has 0 saturated heterocycles. The lowest BCUT2D eigenvalue weighted by molar-refractivity contribution is -0.161. The zero-order valence-electron chi connectivity index (χ0n) is 8.65. The van der Waals surface area contributed by atoms with E-state index in [9.17, 15) is 13.2 Å². The summed E-state index contributed by atoms with van der Waals surface area (Å²) < 4.78 is 30.8. The monoisotopic (exact) mass is 224 g/mol. The fraction of sp³-hybridized carbons (Fsp3) is 0.875. The molecule has 0 saturated carbocycles. The summed E-state index contributed by atoms with van der Waals surface area (Å²) in [5, 5.41) is 0. The molecule has 0 N–H and O–H groups in total. The number of hydrogen-bond donors (Lipinski definition) is 0. The van der Waals surface area contributed by atoms with Gasteiger partial charge in [-0.25, -0.2) is 4.18 Å². The van der Waals surface area contributed by atoms with Crippen LogP contribution < -0.4 is 0 Å². The van der Waals surface area contributed by atoms with Crippen molar-refractivity contribution in [3.8, 4) is 0 Å². The second-order valence-electron chi connectivity index (χ2n) is 2.98. The summed E-state index contributed by atoms with van der Waals surface area (Å²) in [5.74, 6) is -0.547. The van der Waals surface area contributed by atoms with Crippen molar-refractivity contribution in [2.45, 2.75) is 39.4 Å². The van der Waals surface area contributed by atoms with Crippen LogP contribution in [0.25, 0.3) is 0 Å². The zero-order chi connectivity index (χ0) is 11.2. The van der Waals surface area contributed by atoms with Gasteiger partial charge in [-0.1, -0.05) is 13.3 Å². The zero-order valence-corrected chi connectivity index (χ0v) is 9.46. The van der Waals surface area contributed by atoms with E-state index in [1.165, 1.54) is 6.92 Å². The van der Waals surface area contributed by atoms with Gasteiger partial charge in [0.1, 0.15) is 0 Å². The van der Waals surface area contributed by atoms with Crippen LogP contribution in [-0.2, 0) is 23.8 Å². The predicted octanol–water partition coefficient (Wildman–Crippen LogP) is 1.04. The highest BCUT2D eigenvalue weighted by Crippen LogP contribution is 2.09. The summed E-state index contributed by atoms with van der Waals surface area (Å²) in [5.41, 5.74) is 0. The molecule has 1 unspecified atom stereocenters. The summed E-state index contributed by atoms with van der Waals surface area (Å²) in [6.07, 6.45) is 1.96. The van der Waals surface area contributed by atoms with E-state index < -0.39 is 22.4 Å². The number of hydrogen-bond acceptors (Lipinski definition) is 5. The highest BCUT2D eigenvalue weighted by molar-refractivity contribution is 7.86. The molecular formula is C8H16O5S. The molecule has 0 aliphatic rings. The molecule has 1 atom stereocenters. The highest BCUT2D eigenvalue weighted by atomic mass is 32.2. The molecule has 0 aliphatic heterocycles. The number of carbonyl (C=O) groups excluding carboxylic acids is 1. The van der Waals surface area contributed by atoms with Gasteiger partial charge in [0.25, 0.3) is 10.1 Å². The molecule has 0 aromatic rings. The van der Waals surface area contributed by atoms with Gasteiger partial charge in [0, 0.05) is 13.3 Å². The Balaban J connectivity index is 4.17. The van der Waals surface area contributed by atoms with Crippen LogP contribution in [0.4, 0.5) is 0 Å². The van der Waals surface area contributed by atoms with E-state index >= 15 is 0 Å². The fourth-order valence-electron chi connectivity index (χ4n) is 0.878. The van der Waals surface area contributed by atoms with Gasteiger partial charge in [0.15, 0.2) is 0 Å². The van der Waals surface area contributed by atoms with Crippen molar-refractivity contribution >= 4 is 16.1 Å². The molecule has 0 aliphatic carbocycles. The van der Waals surface area contributed by atoms with Gasteiger partial charge in [-0.3, -0.25) is 4.79 Å². The summed E-state index contributed by atoms with van der Waals surface area (Å²) in [6, 6.07) is 0. The average Bonchev–Trinajstić information content (AvgIpc) is 1.96. The molecular weight excluding hydrogens is 208 g/mol. The van der Waals surface area contributed by atoms with Crippen molar-refractivity contribution < 1.29 is 22.1 Å². The molecule has 84 valence electrons. The Morgan fingerprint density at radius 3 is 2.36 bits per heavy atom. The fourth-order valence-corrected chi connectivity index (χ4v) is 1.40. The lowest BCUT2D eigenvalue weighted by Gasteiger charge is -2.15. The summed E-state index contributed by atoms with van der Waals surface area (Å²) in [7, 11) is -3.58. The second kappa shape index (κ2) is 5.98. The third-order valence-electron chi connectivity index (χ3n) is 1.37. The molecule has 0 aromatic carbocycles. The van der Waals surface area contributed by atoms with Crippen LogP contribution in [0.3, 0.4) is 0 Å². The molecule has 5 nitrogen and oxygen atoms in total. The Labute approximate surface area is 84.5 Å². The van der Waals surface area contributed by atoms with E-state index in [0.29, 0.717) is 6.42 Å². The maximum Gasteiger partial charge on any atom is 0.304 e. The topological polar surface area (TPSA) is 69.7 Å². The summed E-state index contributed by atoms with van der Waals surface area (Å²) in [4.78, 5) is 10.6. The van der Waals surface area contributed by atoms with Gasteiger partial charge in [-0.05, 0) is 6.42 Å². The number of carbonyl (C=O) groups is 1. The van der Waals surface area contributed by atoms with Crippen molar-refractivity contribution in [2.75, 3.05) is 6.26 Å². The minimum absolute atomic E-state index is 0.392. The number of rotatable bonds is 6. The van der Waals surface area contributed by atoms with Crippen LogP contribution in [0.1, 0.15) is 33.1 Å². The Morgan fingerprint density at radius 1 is 1.43 bits per heavy atom. The first-order valence-corrected chi connectivity index (χ1v) is 6.22. The standard InChI is InChI=1S/C8H16O5S/c1-4-5-6-8(12-7(2)9)13-14(3,10)11/h8H,4-6H2,1-3H3. The molecule has 0 fully saturated rings. The van der Waals surface area contributed by atoms with Crippen molar-refractivity contribution in [1.82, 2.24) is 0 Å². The largest absolute Gasteiger partial charge is 0.435 e. The minimum atomic E-state index is -3.58. The third kappa shape index (κ3) is 8.00. The van der Waals surface area contributed by atoms with Crippen molar-refractivity contribution in [3.63, 3.8) is 0 Å². The van der Waals surface area contributed by atoms with Gasteiger partial charge < -0.3 is 4.74 Å². The molecule has 6 heteroatoms. The molecule has 0 heterocycles. The Morgan fingerprint density at radius 2 is 2.00 bits per heavy atom. The first kappa shape index (κ1) is 13.4. The normalized spacial score (nSPS) is 13.6. The average molecular weight is 224 g/mol. The van der Waals surface area contributed by atoms with Gasteiger partial charge in [0.2, 0.25) is 6.29 Å². The highest BCUT2D eigenvalue weighted by Gasteiger charge is 2.17. The molecule has 0 rings (SSSR count). The number of ether oxygens (including phenoxy) is 1. The van der Waals surface area contributed by atoms with Crippen LogP contribution in [-0.4, -0.2) is 26.9 Å². The van der Waals surface area contributed by atoms with E-state index in [-0.39, 0.29) is 0 Å². The van der Waals surface area contributed by atoms with Gasteiger partial charge in [0.05, 0.1) is 6.26 Å². The van der Waals surface area contributed by atoms with E-state index in [2.05, 4.69) is 8.92 Å². The van der Waals surface area contributed by atoms with Gasteiger partial charge >= 0.3 is 5.97 Å². The third-order valence-corrected chi connectivity index (χ3v) is 1.94. The maximum atomic E-state index is 10.8. The van der Waals surface area contributed by atoms with Crippen molar-refractivity contribution in [3.05, 3.63) is 0 Å². The molecule has 0 bridgehead atoms. The van der Waals surface area contributed by atoms with E-state index in [4.69, 9.17) is 0 Å².